The number of hydrogen-bond acceptors (Lipinski definition) is 4. The molecule has 0 radical (unpaired) electrons. The van der Waals surface area contributed by atoms with Crippen molar-refractivity contribution in [3.8, 4) is 0 Å². The van der Waals surface area contributed by atoms with Crippen molar-refractivity contribution in [3.63, 3.8) is 0 Å². The lowest BCUT2D eigenvalue weighted by atomic mass is 10.2. The second-order valence-corrected chi connectivity index (χ2v) is 5.64. The van der Waals surface area contributed by atoms with E-state index in [1.165, 1.54) is 6.07 Å². The lowest BCUT2D eigenvalue weighted by Crippen LogP contribution is -2.27. The van der Waals surface area contributed by atoms with E-state index in [-0.39, 0.29) is 5.82 Å². The summed E-state index contributed by atoms with van der Waals surface area (Å²) in [7, 11) is 0. The maximum atomic E-state index is 12.2. The lowest BCUT2D eigenvalue weighted by molar-refractivity contribution is -0.390. The molecule has 1 heterocycles. The SMILES string of the molecule is Cc1ccc2cc([N+](=O)[O-])n(C(=O)OC(C)(C)C)c2c1. The third kappa shape index (κ3) is 2.64. The summed E-state index contributed by atoms with van der Waals surface area (Å²) in [5.41, 5.74) is 0.673. The van der Waals surface area contributed by atoms with Crippen molar-refractivity contribution in [2.45, 2.75) is 33.3 Å². The van der Waals surface area contributed by atoms with Gasteiger partial charge in [-0.15, -0.1) is 4.57 Å². The summed E-state index contributed by atoms with van der Waals surface area (Å²) < 4.78 is 6.25. The highest BCUT2D eigenvalue weighted by Gasteiger charge is 2.29. The van der Waals surface area contributed by atoms with E-state index in [2.05, 4.69) is 0 Å². The van der Waals surface area contributed by atoms with Gasteiger partial charge in [0.1, 0.15) is 11.1 Å². The number of aryl methyl sites for hydroxylation is 1. The molecule has 0 saturated heterocycles. The van der Waals surface area contributed by atoms with E-state index in [9.17, 15) is 14.9 Å². The standard InChI is InChI=1S/C14H16N2O4/c1-9-5-6-10-8-12(16(18)19)15(11(10)7-9)13(17)20-14(2,3)4/h5-8H,1-4H3. The van der Waals surface area contributed by atoms with E-state index in [1.54, 1.807) is 32.9 Å². The molecule has 1 aromatic carbocycles. The van der Waals surface area contributed by atoms with Crippen LogP contribution < -0.4 is 0 Å². The first-order chi connectivity index (χ1) is 9.19. The predicted molar refractivity (Wildman–Crippen MR) is 75.0 cm³/mol. The molecule has 2 aromatic rings. The minimum absolute atomic E-state index is 0.292. The van der Waals surface area contributed by atoms with Crippen LogP contribution in [0.5, 0.6) is 0 Å². The van der Waals surface area contributed by atoms with Crippen LogP contribution in [0.1, 0.15) is 26.3 Å². The third-order valence-corrected chi connectivity index (χ3v) is 2.70. The highest BCUT2D eigenvalue weighted by Crippen LogP contribution is 2.27. The van der Waals surface area contributed by atoms with Crippen molar-refractivity contribution in [1.29, 1.82) is 0 Å². The smallest absolute Gasteiger partial charge is 0.425 e. The molecule has 0 unspecified atom stereocenters. The van der Waals surface area contributed by atoms with Crippen molar-refractivity contribution in [3.05, 3.63) is 39.9 Å². The molecule has 6 nitrogen and oxygen atoms in total. The molecular formula is C14H16N2O4. The van der Waals surface area contributed by atoms with Gasteiger partial charge in [0.25, 0.3) is 0 Å². The Bertz CT molecular complexity index is 695. The summed E-state index contributed by atoms with van der Waals surface area (Å²) in [5, 5.41) is 11.8. The Kier molecular flexibility index (Phi) is 3.25. The second-order valence-electron chi connectivity index (χ2n) is 5.64. The molecule has 1 aromatic heterocycles. The normalized spacial score (nSPS) is 11.6. The van der Waals surface area contributed by atoms with Gasteiger partial charge in [0, 0.05) is 11.5 Å². The zero-order valence-electron chi connectivity index (χ0n) is 11.8. The van der Waals surface area contributed by atoms with Gasteiger partial charge in [-0.1, -0.05) is 12.1 Å². The molecule has 0 spiro atoms. The van der Waals surface area contributed by atoms with Crippen LogP contribution in [0.4, 0.5) is 10.6 Å². The van der Waals surface area contributed by atoms with Gasteiger partial charge in [-0.3, -0.25) is 0 Å². The first-order valence-electron chi connectivity index (χ1n) is 6.19. The number of aromatic nitrogens is 1. The number of nitrogens with zero attached hydrogens (tertiary/aromatic N) is 2. The van der Waals surface area contributed by atoms with Gasteiger partial charge in [0.2, 0.25) is 0 Å². The molecule has 0 aliphatic rings. The second kappa shape index (κ2) is 4.63. The number of carbonyl (C=O) groups excluding carboxylic acids is 1. The molecule has 6 heteroatoms. The van der Waals surface area contributed by atoms with Crippen molar-refractivity contribution < 1.29 is 14.5 Å². The van der Waals surface area contributed by atoms with Gasteiger partial charge in [0.05, 0.1) is 0 Å². The molecule has 0 aliphatic heterocycles. The molecule has 0 amide bonds. The average Bonchev–Trinajstić information content (AvgIpc) is 2.65. The third-order valence-electron chi connectivity index (χ3n) is 2.70. The van der Waals surface area contributed by atoms with Crippen molar-refractivity contribution in [2.24, 2.45) is 0 Å². The van der Waals surface area contributed by atoms with Crippen LogP contribution in [0.2, 0.25) is 0 Å². The molecule has 0 saturated carbocycles. The first-order valence-corrected chi connectivity index (χ1v) is 6.19. The number of fused-ring (bicyclic) bond motifs is 1. The number of benzene rings is 1. The zero-order chi connectivity index (χ0) is 15.1. The van der Waals surface area contributed by atoms with Crippen LogP contribution in [-0.2, 0) is 4.74 Å². The van der Waals surface area contributed by atoms with E-state index < -0.39 is 16.6 Å². The number of nitro groups is 1. The maximum absolute atomic E-state index is 12.2. The van der Waals surface area contributed by atoms with E-state index in [0.29, 0.717) is 10.9 Å². The molecule has 0 atom stereocenters. The molecule has 0 aliphatic carbocycles. The molecule has 106 valence electrons. The summed E-state index contributed by atoms with van der Waals surface area (Å²) in [6, 6.07) is 6.69. The summed E-state index contributed by atoms with van der Waals surface area (Å²) in [5.74, 6) is -0.292. The van der Waals surface area contributed by atoms with Crippen LogP contribution in [-0.4, -0.2) is 21.2 Å². The molecular weight excluding hydrogens is 260 g/mol. The van der Waals surface area contributed by atoms with Crippen molar-refractivity contribution in [2.75, 3.05) is 0 Å². The summed E-state index contributed by atoms with van der Waals surface area (Å²) in [6.07, 6.45) is -0.746. The Labute approximate surface area is 116 Å². The molecule has 0 bridgehead atoms. The van der Waals surface area contributed by atoms with Gasteiger partial charge in [-0.25, -0.2) is 0 Å². The quantitative estimate of drug-likeness (QED) is 0.588. The van der Waals surface area contributed by atoms with Crippen LogP contribution in [0.15, 0.2) is 24.3 Å². The Morgan fingerprint density at radius 1 is 1.30 bits per heavy atom. The number of hydrogen-bond donors (Lipinski definition) is 0. The average molecular weight is 276 g/mol. The van der Waals surface area contributed by atoms with E-state index in [1.807, 2.05) is 13.0 Å². The van der Waals surface area contributed by atoms with Crippen molar-refractivity contribution in [1.82, 2.24) is 4.57 Å². The van der Waals surface area contributed by atoms with Crippen molar-refractivity contribution >= 4 is 22.8 Å². The first kappa shape index (κ1) is 14.0. The minimum Gasteiger partial charge on any atom is -0.425 e. The molecule has 2 rings (SSSR count). The fraction of sp³-hybridized carbons (Fsp3) is 0.357. The topological polar surface area (TPSA) is 74.4 Å². The van der Waals surface area contributed by atoms with Gasteiger partial charge < -0.3 is 14.9 Å². The Morgan fingerprint density at radius 3 is 2.50 bits per heavy atom. The maximum Gasteiger partial charge on any atom is 0.513 e. The van der Waals surface area contributed by atoms with E-state index >= 15 is 0 Å². The zero-order valence-corrected chi connectivity index (χ0v) is 11.8. The van der Waals surface area contributed by atoms with Gasteiger partial charge in [-0.2, -0.15) is 4.79 Å². The van der Waals surface area contributed by atoms with Gasteiger partial charge in [0.15, 0.2) is 0 Å². The molecule has 0 fully saturated rings. The molecule has 0 N–H and O–H groups in total. The summed E-state index contributed by atoms with van der Waals surface area (Å²) in [6.45, 7) is 7.01. The summed E-state index contributed by atoms with van der Waals surface area (Å²) in [4.78, 5) is 22.7. The lowest BCUT2D eigenvalue weighted by Gasteiger charge is -2.17. The van der Waals surface area contributed by atoms with Crippen LogP contribution in [0.3, 0.4) is 0 Å². The monoisotopic (exact) mass is 276 g/mol. The minimum atomic E-state index is -0.746. The molecule has 20 heavy (non-hydrogen) atoms. The van der Waals surface area contributed by atoms with Gasteiger partial charge >= 0.3 is 11.9 Å². The Hall–Kier alpha value is -2.37. The predicted octanol–water partition coefficient (Wildman–Crippen LogP) is 3.64. The fourth-order valence-corrected chi connectivity index (χ4v) is 1.93. The van der Waals surface area contributed by atoms with Crippen LogP contribution >= 0.6 is 0 Å². The Balaban J connectivity index is 2.65. The number of carbonyl (C=O) groups is 1. The number of ether oxygens (including phenoxy) is 1. The highest BCUT2D eigenvalue weighted by molar-refractivity contribution is 5.93. The van der Waals surface area contributed by atoms with Gasteiger partial charge in [-0.05, 0) is 44.2 Å². The fourth-order valence-electron chi connectivity index (χ4n) is 1.93. The van der Waals surface area contributed by atoms with Crippen LogP contribution in [0, 0.1) is 17.0 Å². The Morgan fingerprint density at radius 2 is 1.95 bits per heavy atom. The summed E-state index contributed by atoms with van der Waals surface area (Å²) >= 11 is 0. The largest absolute Gasteiger partial charge is 0.513 e. The van der Waals surface area contributed by atoms with E-state index in [4.69, 9.17) is 4.74 Å². The highest BCUT2D eigenvalue weighted by atomic mass is 16.6. The van der Waals surface area contributed by atoms with E-state index in [0.717, 1.165) is 10.1 Å². The number of rotatable bonds is 1. The van der Waals surface area contributed by atoms with Crippen LogP contribution in [0.25, 0.3) is 10.9 Å².